The lowest BCUT2D eigenvalue weighted by atomic mass is 10.1. The molecule has 108 valence electrons. The van der Waals surface area contributed by atoms with E-state index in [4.69, 9.17) is 0 Å². The van der Waals surface area contributed by atoms with Gasteiger partial charge in [-0.15, -0.1) is 5.10 Å². The zero-order chi connectivity index (χ0) is 13.5. The molecule has 0 spiro atoms. The van der Waals surface area contributed by atoms with Crippen LogP contribution in [0.2, 0.25) is 0 Å². The van der Waals surface area contributed by atoms with E-state index in [1.807, 2.05) is 4.68 Å². The third-order valence-corrected chi connectivity index (χ3v) is 4.48. The maximum atomic E-state index is 4.15. The average molecular weight is 283 g/mol. The Hall–Kier alpha value is -0.620. The van der Waals surface area contributed by atoms with Gasteiger partial charge < -0.3 is 5.32 Å². The summed E-state index contributed by atoms with van der Waals surface area (Å²) in [6.07, 6.45) is 6.32. The number of thioether (sulfide) groups is 1. The van der Waals surface area contributed by atoms with Crippen LogP contribution in [0.25, 0.3) is 0 Å². The topological polar surface area (TPSA) is 55.6 Å². The summed E-state index contributed by atoms with van der Waals surface area (Å²) in [6.45, 7) is 6.64. The molecule has 0 atom stereocenters. The van der Waals surface area contributed by atoms with Crippen molar-refractivity contribution < 1.29 is 0 Å². The van der Waals surface area contributed by atoms with Crippen LogP contribution in [-0.2, 0) is 0 Å². The molecule has 0 saturated heterocycles. The molecular weight excluding hydrogens is 258 g/mol. The molecule has 1 aromatic heterocycles. The maximum Gasteiger partial charge on any atom is 0.209 e. The fourth-order valence-electron chi connectivity index (χ4n) is 2.39. The van der Waals surface area contributed by atoms with Gasteiger partial charge in [-0.3, -0.25) is 0 Å². The summed E-state index contributed by atoms with van der Waals surface area (Å²) in [7, 11) is 0. The molecule has 2 rings (SSSR count). The first-order chi connectivity index (χ1) is 9.27. The van der Waals surface area contributed by atoms with Crippen molar-refractivity contribution in [3.63, 3.8) is 0 Å². The van der Waals surface area contributed by atoms with Crippen molar-refractivity contribution in [2.24, 2.45) is 5.92 Å². The largest absolute Gasteiger partial charge is 0.316 e. The van der Waals surface area contributed by atoms with E-state index >= 15 is 0 Å². The summed E-state index contributed by atoms with van der Waals surface area (Å²) in [6, 6.07) is 0.534. The van der Waals surface area contributed by atoms with E-state index in [1.165, 1.54) is 32.1 Å². The lowest BCUT2D eigenvalue weighted by Crippen LogP contribution is -2.20. The zero-order valence-electron chi connectivity index (χ0n) is 12.0. The molecule has 0 amide bonds. The molecule has 0 unspecified atom stereocenters. The second-order valence-electron chi connectivity index (χ2n) is 5.63. The predicted octanol–water partition coefficient (Wildman–Crippen LogP) is 2.52. The first kappa shape index (κ1) is 14.8. The predicted molar refractivity (Wildman–Crippen MR) is 78.4 cm³/mol. The monoisotopic (exact) mass is 283 g/mol. The van der Waals surface area contributed by atoms with E-state index in [-0.39, 0.29) is 0 Å². The van der Waals surface area contributed by atoms with Gasteiger partial charge in [0.25, 0.3) is 0 Å². The molecule has 0 radical (unpaired) electrons. The van der Waals surface area contributed by atoms with Crippen LogP contribution in [-0.4, -0.2) is 39.0 Å². The van der Waals surface area contributed by atoms with Crippen molar-refractivity contribution in [1.82, 2.24) is 25.5 Å². The van der Waals surface area contributed by atoms with Crippen molar-refractivity contribution in [3.05, 3.63) is 0 Å². The highest BCUT2D eigenvalue weighted by Gasteiger charge is 2.21. The van der Waals surface area contributed by atoms with E-state index in [1.54, 1.807) is 11.8 Å². The number of rotatable bonds is 8. The Morgan fingerprint density at radius 2 is 2.11 bits per heavy atom. The van der Waals surface area contributed by atoms with Gasteiger partial charge in [0.15, 0.2) is 0 Å². The summed E-state index contributed by atoms with van der Waals surface area (Å²) in [5, 5.41) is 16.6. The van der Waals surface area contributed by atoms with Crippen molar-refractivity contribution in [3.8, 4) is 0 Å². The number of hydrogen-bond acceptors (Lipinski definition) is 5. The molecule has 0 aliphatic heterocycles. The molecule has 5 nitrogen and oxygen atoms in total. The van der Waals surface area contributed by atoms with Gasteiger partial charge in [-0.1, -0.05) is 38.5 Å². The minimum Gasteiger partial charge on any atom is -0.316 e. The van der Waals surface area contributed by atoms with E-state index in [0.29, 0.717) is 6.04 Å². The van der Waals surface area contributed by atoms with E-state index in [0.717, 1.165) is 29.9 Å². The summed E-state index contributed by atoms with van der Waals surface area (Å²) >= 11 is 1.76. The molecule has 1 N–H and O–H groups in total. The maximum absolute atomic E-state index is 4.15. The summed E-state index contributed by atoms with van der Waals surface area (Å²) in [4.78, 5) is 0. The summed E-state index contributed by atoms with van der Waals surface area (Å²) in [5.41, 5.74) is 0. The highest BCUT2D eigenvalue weighted by molar-refractivity contribution is 7.99. The van der Waals surface area contributed by atoms with Crippen LogP contribution in [0.15, 0.2) is 5.16 Å². The van der Waals surface area contributed by atoms with Crippen molar-refractivity contribution in [1.29, 1.82) is 0 Å². The zero-order valence-corrected chi connectivity index (χ0v) is 12.8. The molecule has 6 heteroatoms. The quantitative estimate of drug-likeness (QED) is 0.587. The highest BCUT2D eigenvalue weighted by atomic mass is 32.2. The molecule has 1 heterocycles. The molecule has 0 aromatic carbocycles. The second-order valence-corrected chi connectivity index (χ2v) is 6.69. The molecule has 1 aliphatic rings. The standard InChI is InChI=1S/C13H25N5S/c1-11(2)7-8-14-9-10-19-13-15-16-17-18(13)12-5-3-4-6-12/h11-12,14H,3-10H2,1-2H3. The van der Waals surface area contributed by atoms with Gasteiger partial charge in [-0.25, -0.2) is 4.68 Å². The Balaban J connectivity index is 1.67. The number of tetrazole rings is 1. The van der Waals surface area contributed by atoms with Gasteiger partial charge in [0, 0.05) is 12.3 Å². The lowest BCUT2D eigenvalue weighted by Gasteiger charge is -2.11. The third-order valence-electron chi connectivity index (χ3n) is 3.54. The SMILES string of the molecule is CC(C)CCNCCSc1nnnn1C1CCCC1. The van der Waals surface area contributed by atoms with Gasteiger partial charge in [0.05, 0.1) is 6.04 Å². The Kier molecular flexibility index (Phi) is 6.10. The minimum atomic E-state index is 0.534. The van der Waals surface area contributed by atoms with E-state index in [9.17, 15) is 0 Å². The Morgan fingerprint density at radius 1 is 1.32 bits per heavy atom. The molecule has 19 heavy (non-hydrogen) atoms. The molecular formula is C13H25N5S. The van der Waals surface area contributed by atoms with Crippen LogP contribution in [0, 0.1) is 5.92 Å². The Bertz CT molecular complexity index is 360. The fraction of sp³-hybridized carbons (Fsp3) is 0.923. The molecule has 1 aliphatic carbocycles. The lowest BCUT2D eigenvalue weighted by molar-refractivity contribution is 0.423. The fourth-order valence-corrected chi connectivity index (χ4v) is 3.23. The molecule has 0 bridgehead atoms. The van der Waals surface area contributed by atoms with E-state index in [2.05, 4.69) is 34.7 Å². The number of hydrogen-bond donors (Lipinski definition) is 1. The Morgan fingerprint density at radius 3 is 2.84 bits per heavy atom. The van der Waals surface area contributed by atoms with Gasteiger partial charge in [0.2, 0.25) is 5.16 Å². The smallest absolute Gasteiger partial charge is 0.209 e. The van der Waals surface area contributed by atoms with Gasteiger partial charge >= 0.3 is 0 Å². The van der Waals surface area contributed by atoms with Gasteiger partial charge in [-0.05, 0) is 42.2 Å². The van der Waals surface area contributed by atoms with Gasteiger partial charge in [-0.2, -0.15) is 0 Å². The first-order valence-electron chi connectivity index (χ1n) is 7.38. The number of nitrogens with one attached hydrogen (secondary N) is 1. The third kappa shape index (κ3) is 4.76. The van der Waals surface area contributed by atoms with Crippen molar-refractivity contribution in [2.45, 2.75) is 57.1 Å². The van der Waals surface area contributed by atoms with Crippen LogP contribution in [0.4, 0.5) is 0 Å². The number of nitrogens with zero attached hydrogens (tertiary/aromatic N) is 4. The first-order valence-corrected chi connectivity index (χ1v) is 8.37. The van der Waals surface area contributed by atoms with E-state index < -0.39 is 0 Å². The minimum absolute atomic E-state index is 0.534. The molecule has 1 fully saturated rings. The van der Waals surface area contributed by atoms with Crippen LogP contribution in [0.5, 0.6) is 0 Å². The normalized spacial score (nSPS) is 16.6. The van der Waals surface area contributed by atoms with Crippen LogP contribution in [0.1, 0.15) is 52.0 Å². The van der Waals surface area contributed by atoms with Crippen LogP contribution >= 0.6 is 11.8 Å². The summed E-state index contributed by atoms with van der Waals surface area (Å²) in [5.74, 6) is 1.81. The summed E-state index contributed by atoms with van der Waals surface area (Å²) < 4.78 is 2.03. The number of aromatic nitrogens is 4. The Labute approximate surface area is 119 Å². The van der Waals surface area contributed by atoms with Crippen LogP contribution in [0.3, 0.4) is 0 Å². The average Bonchev–Trinajstić information content (AvgIpc) is 3.03. The molecule has 1 saturated carbocycles. The van der Waals surface area contributed by atoms with Crippen molar-refractivity contribution in [2.75, 3.05) is 18.8 Å². The van der Waals surface area contributed by atoms with Gasteiger partial charge in [0.1, 0.15) is 0 Å². The molecule has 1 aromatic rings. The van der Waals surface area contributed by atoms with Crippen molar-refractivity contribution >= 4 is 11.8 Å². The van der Waals surface area contributed by atoms with Crippen LogP contribution < -0.4 is 5.32 Å². The highest BCUT2D eigenvalue weighted by Crippen LogP contribution is 2.31. The second kappa shape index (κ2) is 7.85.